The van der Waals surface area contributed by atoms with Crippen LogP contribution < -0.4 is 4.72 Å². The number of nitrogens with zero attached hydrogens (tertiary/aromatic N) is 2. The minimum atomic E-state index is -4.64. The van der Waals surface area contributed by atoms with Crippen molar-refractivity contribution in [3.63, 3.8) is 0 Å². The monoisotopic (exact) mass is 505 g/mol. The number of aryl methyl sites for hydroxylation is 2. The summed E-state index contributed by atoms with van der Waals surface area (Å²) in [7, 11) is -7.36. The molecule has 0 amide bonds. The van der Waals surface area contributed by atoms with Crippen molar-refractivity contribution in [3.8, 4) is 10.6 Å². The Labute approximate surface area is 187 Å². The molecule has 3 rings (SSSR count). The SMILES string of the molecule is Cc1ccc(S(=O)(=O)CCc2nnc(-c3cc(C(F)(F)F)ccc3NS(C)(=O)=O)s2)cc1. The minimum absolute atomic E-state index is 0.00166. The summed E-state index contributed by atoms with van der Waals surface area (Å²) in [5.41, 5.74) is -0.256. The third-order valence-electron chi connectivity index (χ3n) is 4.30. The third-order valence-corrected chi connectivity index (χ3v) is 7.64. The lowest BCUT2D eigenvalue weighted by Gasteiger charge is -2.12. The number of benzene rings is 2. The normalized spacial score (nSPS) is 12.7. The van der Waals surface area contributed by atoms with Gasteiger partial charge in [-0.25, -0.2) is 16.8 Å². The van der Waals surface area contributed by atoms with Gasteiger partial charge in [0.25, 0.3) is 0 Å². The van der Waals surface area contributed by atoms with Crippen LogP contribution in [0.3, 0.4) is 0 Å². The van der Waals surface area contributed by atoms with Crippen LogP contribution >= 0.6 is 11.3 Å². The van der Waals surface area contributed by atoms with Gasteiger partial charge in [0.05, 0.1) is 28.2 Å². The van der Waals surface area contributed by atoms with E-state index < -0.39 is 31.6 Å². The van der Waals surface area contributed by atoms with Gasteiger partial charge in [-0.05, 0) is 37.3 Å². The highest BCUT2D eigenvalue weighted by Crippen LogP contribution is 2.37. The first-order valence-electron chi connectivity index (χ1n) is 9.06. The van der Waals surface area contributed by atoms with Crippen LogP contribution in [0.1, 0.15) is 16.1 Å². The molecule has 1 aromatic heterocycles. The van der Waals surface area contributed by atoms with Gasteiger partial charge in [0.2, 0.25) is 10.0 Å². The van der Waals surface area contributed by atoms with Crippen molar-refractivity contribution in [1.29, 1.82) is 0 Å². The van der Waals surface area contributed by atoms with Crippen molar-refractivity contribution in [2.45, 2.75) is 24.4 Å². The molecule has 13 heteroatoms. The van der Waals surface area contributed by atoms with Crippen molar-refractivity contribution in [1.82, 2.24) is 10.2 Å². The molecule has 0 aliphatic heterocycles. The van der Waals surface area contributed by atoms with Gasteiger partial charge in [-0.1, -0.05) is 29.0 Å². The molecule has 0 saturated heterocycles. The van der Waals surface area contributed by atoms with Crippen LogP contribution in [0.5, 0.6) is 0 Å². The average Bonchev–Trinajstić information content (AvgIpc) is 3.14. The van der Waals surface area contributed by atoms with Crippen LogP contribution in [0.2, 0.25) is 0 Å². The first-order chi connectivity index (χ1) is 14.7. The molecule has 172 valence electrons. The number of anilines is 1. The maximum atomic E-state index is 13.2. The van der Waals surface area contributed by atoms with Gasteiger partial charge in [-0.2, -0.15) is 13.2 Å². The fraction of sp³-hybridized carbons (Fsp3) is 0.263. The number of halogens is 3. The summed E-state index contributed by atoms with van der Waals surface area (Å²) in [6.45, 7) is 1.83. The largest absolute Gasteiger partial charge is 0.416 e. The predicted octanol–water partition coefficient (Wildman–Crippen LogP) is 3.92. The van der Waals surface area contributed by atoms with E-state index in [0.717, 1.165) is 41.4 Å². The molecule has 0 spiro atoms. The molecular weight excluding hydrogens is 487 g/mol. The summed E-state index contributed by atoms with van der Waals surface area (Å²) in [6, 6.07) is 8.90. The molecule has 0 aliphatic rings. The quantitative estimate of drug-likeness (QED) is 0.522. The zero-order valence-corrected chi connectivity index (χ0v) is 19.3. The van der Waals surface area contributed by atoms with E-state index in [0.29, 0.717) is 5.01 Å². The highest BCUT2D eigenvalue weighted by atomic mass is 32.2. The fourth-order valence-electron chi connectivity index (χ4n) is 2.73. The fourth-order valence-corrected chi connectivity index (χ4v) is 5.56. The zero-order valence-electron chi connectivity index (χ0n) is 16.8. The molecule has 0 radical (unpaired) electrons. The lowest BCUT2D eigenvalue weighted by Crippen LogP contribution is -2.12. The lowest BCUT2D eigenvalue weighted by atomic mass is 10.1. The van der Waals surface area contributed by atoms with Crippen LogP contribution in [0.15, 0.2) is 47.4 Å². The Balaban J connectivity index is 1.89. The first kappa shape index (κ1) is 24.1. The Morgan fingerprint density at radius 3 is 2.25 bits per heavy atom. The molecule has 0 atom stereocenters. The molecule has 2 aromatic carbocycles. The van der Waals surface area contributed by atoms with E-state index in [2.05, 4.69) is 14.9 Å². The van der Waals surface area contributed by atoms with Crippen molar-refractivity contribution in [2.24, 2.45) is 0 Å². The maximum Gasteiger partial charge on any atom is 0.416 e. The number of alkyl halides is 3. The van der Waals surface area contributed by atoms with E-state index >= 15 is 0 Å². The molecular formula is C19H18F3N3O4S3. The number of rotatable bonds is 7. The van der Waals surface area contributed by atoms with Crippen LogP contribution in [0, 0.1) is 6.92 Å². The van der Waals surface area contributed by atoms with E-state index in [1.165, 1.54) is 12.1 Å². The van der Waals surface area contributed by atoms with E-state index in [1.807, 2.05) is 6.92 Å². The Hall–Kier alpha value is -2.51. The number of aromatic nitrogens is 2. The Morgan fingerprint density at radius 1 is 1.00 bits per heavy atom. The molecule has 3 aromatic rings. The molecule has 1 heterocycles. The second-order valence-electron chi connectivity index (χ2n) is 7.02. The van der Waals surface area contributed by atoms with E-state index in [1.54, 1.807) is 12.1 Å². The standard InChI is InChI=1S/C19H18F3N3O4S3/c1-12-3-6-14(7-4-12)32(28,29)10-9-17-23-24-18(30-17)15-11-13(19(20,21)22)5-8-16(15)25-31(2,26)27/h3-8,11,25H,9-10H2,1-2H3. The Kier molecular flexibility index (Phi) is 6.63. The summed E-state index contributed by atoms with van der Waals surface area (Å²) in [5, 5.41) is 8.06. The molecule has 1 N–H and O–H groups in total. The van der Waals surface area contributed by atoms with Crippen molar-refractivity contribution in [2.75, 3.05) is 16.7 Å². The second kappa shape index (κ2) is 8.79. The van der Waals surface area contributed by atoms with Gasteiger partial charge >= 0.3 is 6.18 Å². The lowest BCUT2D eigenvalue weighted by molar-refractivity contribution is -0.137. The molecule has 0 bridgehead atoms. The summed E-state index contributed by atoms with van der Waals surface area (Å²) < 4.78 is 89.9. The summed E-state index contributed by atoms with van der Waals surface area (Å²) in [6.07, 6.45) is -3.77. The maximum absolute atomic E-state index is 13.2. The van der Waals surface area contributed by atoms with Gasteiger partial charge < -0.3 is 0 Å². The predicted molar refractivity (Wildman–Crippen MR) is 116 cm³/mol. The molecule has 7 nitrogen and oxygen atoms in total. The number of sulfonamides is 1. The van der Waals surface area contributed by atoms with Gasteiger partial charge in [0.15, 0.2) is 9.84 Å². The molecule has 0 fully saturated rings. The van der Waals surface area contributed by atoms with Gasteiger partial charge in [0, 0.05) is 12.0 Å². The molecule has 0 aliphatic carbocycles. The van der Waals surface area contributed by atoms with Gasteiger partial charge in [-0.3, -0.25) is 4.72 Å². The van der Waals surface area contributed by atoms with Crippen LogP contribution in [-0.2, 0) is 32.5 Å². The Bertz CT molecular complexity index is 1330. The zero-order chi connectivity index (χ0) is 23.7. The van der Waals surface area contributed by atoms with Crippen molar-refractivity contribution in [3.05, 3.63) is 58.6 Å². The average molecular weight is 506 g/mol. The van der Waals surface area contributed by atoms with E-state index in [4.69, 9.17) is 0 Å². The van der Waals surface area contributed by atoms with Crippen LogP contribution in [-0.4, -0.2) is 39.0 Å². The molecule has 0 saturated carbocycles. The third kappa shape index (κ3) is 6.04. The van der Waals surface area contributed by atoms with Gasteiger partial charge in [-0.15, -0.1) is 10.2 Å². The summed E-state index contributed by atoms with van der Waals surface area (Å²) in [4.78, 5) is 0.158. The van der Waals surface area contributed by atoms with Crippen LogP contribution in [0.4, 0.5) is 18.9 Å². The highest BCUT2D eigenvalue weighted by Gasteiger charge is 2.32. The Morgan fingerprint density at radius 2 is 1.66 bits per heavy atom. The number of sulfone groups is 1. The van der Waals surface area contributed by atoms with E-state index in [9.17, 15) is 30.0 Å². The smallest absolute Gasteiger partial charge is 0.283 e. The molecule has 0 unspecified atom stereocenters. The molecule has 32 heavy (non-hydrogen) atoms. The first-order valence-corrected chi connectivity index (χ1v) is 13.4. The number of nitrogens with one attached hydrogen (secondary N) is 1. The minimum Gasteiger partial charge on any atom is -0.283 e. The number of hydrogen-bond acceptors (Lipinski definition) is 7. The van der Waals surface area contributed by atoms with Gasteiger partial charge in [0.1, 0.15) is 10.0 Å². The summed E-state index contributed by atoms with van der Waals surface area (Å²) >= 11 is 0.895. The second-order valence-corrected chi connectivity index (χ2v) is 11.9. The van der Waals surface area contributed by atoms with Crippen molar-refractivity contribution < 1.29 is 30.0 Å². The van der Waals surface area contributed by atoms with Crippen LogP contribution in [0.25, 0.3) is 10.6 Å². The number of hydrogen-bond donors (Lipinski definition) is 1. The van der Waals surface area contributed by atoms with E-state index in [-0.39, 0.29) is 33.3 Å². The van der Waals surface area contributed by atoms with Crippen molar-refractivity contribution >= 4 is 36.9 Å². The highest BCUT2D eigenvalue weighted by molar-refractivity contribution is 7.92. The topological polar surface area (TPSA) is 106 Å². The summed E-state index contributed by atoms with van der Waals surface area (Å²) in [5.74, 6) is -0.262.